The van der Waals surface area contributed by atoms with E-state index in [0.717, 1.165) is 12.8 Å². The van der Waals surface area contributed by atoms with E-state index < -0.39 is 0 Å². The maximum absolute atomic E-state index is 12.5. The fourth-order valence-electron chi connectivity index (χ4n) is 2.81. The molecule has 0 unspecified atom stereocenters. The molecule has 0 bridgehead atoms. The molecule has 0 atom stereocenters. The van der Waals surface area contributed by atoms with E-state index >= 15 is 0 Å². The van der Waals surface area contributed by atoms with Crippen molar-refractivity contribution >= 4 is 11.6 Å². The molecule has 3 N–H and O–H groups in total. The number of phenols is 1. The molecule has 104 valence electrons. The Kier molecular flexibility index (Phi) is 4.30. The number of nitrogen functional groups attached to an aromatic ring is 1. The molecule has 0 spiro atoms. The Morgan fingerprint density at radius 1 is 1.37 bits per heavy atom. The van der Waals surface area contributed by atoms with Crippen molar-refractivity contribution in [2.24, 2.45) is 0 Å². The van der Waals surface area contributed by atoms with Crippen molar-refractivity contribution in [2.45, 2.75) is 45.1 Å². The molecular formula is C15H22N2O2. The number of nitrogens with zero attached hydrogens (tertiary/aromatic N) is 1. The number of phenolic OH excluding ortho intramolecular Hbond substituents is 1. The Morgan fingerprint density at radius 2 is 2.05 bits per heavy atom. The highest BCUT2D eigenvalue weighted by Crippen LogP contribution is 2.26. The largest absolute Gasteiger partial charge is 0.506 e. The normalized spacial score (nSPS) is 16.3. The third-order valence-electron chi connectivity index (χ3n) is 3.89. The zero-order chi connectivity index (χ0) is 13.8. The van der Waals surface area contributed by atoms with Gasteiger partial charge in [-0.3, -0.25) is 4.79 Å². The SMILES string of the molecule is CCN(C(=O)c1ccc(O)c(N)c1)C1CCCCC1. The summed E-state index contributed by atoms with van der Waals surface area (Å²) in [5.74, 6) is 0.0402. The first-order valence-electron chi connectivity index (χ1n) is 7.03. The quantitative estimate of drug-likeness (QED) is 0.650. The van der Waals surface area contributed by atoms with Gasteiger partial charge >= 0.3 is 0 Å². The summed E-state index contributed by atoms with van der Waals surface area (Å²) in [5, 5.41) is 9.42. The van der Waals surface area contributed by atoms with Crippen molar-refractivity contribution in [1.29, 1.82) is 0 Å². The first-order valence-corrected chi connectivity index (χ1v) is 7.03. The maximum Gasteiger partial charge on any atom is 0.254 e. The molecule has 0 radical (unpaired) electrons. The van der Waals surface area contributed by atoms with Crippen molar-refractivity contribution in [2.75, 3.05) is 12.3 Å². The summed E-state index contributed by atoms with van der Waals surface area (Å²) in [7, 11) is 0. The van der Waals surface area contributed by atoms with Crippen molar-refractivity contribution < 1.29 is 9.90 Å². The lowest BCUT2D eigenvalue weighted by Crippen LogP contribution is -2.41. The van der Waals surface area contributed by atoms with Crippen molar-refractivity contribution in [3.63, 3.8) is 0 Å². The minimum Gasteiger partial charge on any atom is -0.506 e. The molecule has 4 heteroatoms. The molecule has 0 heterocycles. The molecule has 1 aliphatic rings. The first-order chi connectivity index (χ1) is 9.13. The number of rotatable bonds is 3. The number of nitrogens with two attached hydrogens (primary N) is 1. The van der Waals surface area contributed by atoms with Gasteiger partial charge in [0.05, 0.1) is 5.69 Å². The zero-order valence-electron chi connectivity index (χ0n) is 11.4. The Bertz CT molecular complexity index is 453. The van der Waals surface area contributed by atoms with Crippen LogP contribution in [0.3, 0.4) is 0 Å². The Labute approximate surface area is 114 Å². The lowest BCUT2D eigenvalue weighted by molar-refractivity contribution is 0.0648. The predicted molar refractivity (Wildman–Crippen MR) is 76.1 cm³/mol. The number of carbonyl (C=O) groups excluding carboxylic acids is 1. The number of anilines is 1. The number of hydrogen-bond donors (Lipinski definition) is 2. The number of aromatic hydroxyl groups is 1. The summed E-state index contributed by atoms with van der Waals surface area (Å²) in [6, 6.07) is 5.03. The molecular weight excluding hydrogens is 240 g/mol. The van der Waals surface area contributed by atoms with Gasteiger partial charge in [0, 0.05) is 18.2 Å². The van der Waals surface area contributed by atoms with E-state index in [1.165, 1.54) is 25.3 Å². The standard InChI is InChI=1S/C15H22N2O2/c1-2-17(12-6-4-3-5-7-12)15(19)11-8-9-14(18)13(16)10-11/h8-10,12,18H,2-7,16H2,1H3. The van der Waals surface area contributed by atoms with Crippen LogP contribution in [0, 0.1) is 0 Å². The van der Waals surface area contributed by atoms with E-state index in [4.69, 9.17) is 5.73 Å². The highest BCUT2D eigenvalue weighted by Gasteiger charge is 2.25. The molecule has 0 aliphatic heterocycles. The zero-order valence-corrected chi connectivity index (χ0v) is 11.4. The number of hydrogen-bond acceptors (Lipinski definition) is 3. The van der Waals surface area contributed by atoms with Gasteiger partial charge in [-0.25, -0.2) is 0 Å². The third kappa shape index (κ3) is 3.00. The van der Waals surface area contributed by atoms with E-state index in [2.05, 4.69) is 0 Å². The summed E-state index contributed by atoms with van der Waals surface area (Å²) in [5.41, 5.74) is 6.47. The van der Waals surface area contributed by atoms with Crippen LogP contribution >= 0.6 is 0 Å². The fraction of sp³-hybridized carbons (Fsp3) is 0.533. The molecule has 1 fully saturated rings. The van der Waals surface area contributed by atoms with Crippen molar-refractivity contribution in [3.8, 4) is 5.75 Å². The monoisotopic (exact) mass is 262 g/mol. The van der Waals surface area contributed by atoms with E-state index in [-0.39, 0.29) is 17.3 Å². The minimum absolute atomic E-state index is 0.0149. The van der Waals surface area contributed by atoms with Gasteiger partial charge in [0.2, 0.25) is 0 Å². The van der Waals surface area contributed by atoms with E-state index in [1.54, 1.807) is 12.1 Å². The van der Waals surface area contributed by atoms with Crippen molar-refractivity contribution in [3.05, 3.63) is 23.8 Å². The summed E-state index contributed by atoms with van der Waals surface area (Å²) in [4.78, 5) is 14.5. The van der Waals surface area contributed by atoms with Gasteiger partial charge in [-0.05, 0) is 38.0 Å². The van der Waals surface area contributed by atoms with Crippen LogP contribution in [0.4, 0.5) is 5.69 Å². The lowest BCUT2D eigenvalue weighted by atomic mass is 9.93. The van der Waals surface area contributed by atoms with Gasteiger partial charge in [0.15, 0.2) is 0 Å². The smallest absolute Gasteiger partial charge is 0.254 e. The molecule has 2 rings (SSSR count). The molecule has 4 nitrogen and oxygen atoms in total. The molecule has 1 aliphatic carbocycles. The number of amides is 1. The summed E-state index contributed by atoms with van der Waals surface area (Å²) >= 11 is 0. The summed E-state index contributed by atoms with van der Waals surface area (Å²) < 4.78 is 0. The lowest BCUT2D eigenvalue weighted by Gasteiger charge is -2.33. The van der Waals surface area contributed by atoms with Gasteiger partial charge < -0.3 is 15.7 Å². The summed E-state index contributed by atoms with van der Waals surface area (Å²) in [6.45, 7) is 2.72. The molecule has 1 aromatic rings. The fourth-order valence-corrected chi connectivity index (χ4v) is 2.81. The van der Waals surface area contributed by atoms with Crippen LogP contribution in [-0.4, -0.2) is 28.5 Å². The molecule has 19 heavy (non-hydrogen) atoms. The molecule has 0 saturated heterocycles. The van der Waals surface area contributed by atoms with Crippen LogP contribution in [0.15, 0.2) is 18.2 Å². The molecule has 1 saturated carbocycles. The maximum atomic E-state index is 12.5. The molecule has 1 aromatic carbocycles. The summed E-state index contributed by atoms with van der Waals surface area (Å²) in [6.07, 6.45) is 5.85. The van der Waals surface area contributed by atoms with Gasteiger partial charge in [-0.2, -0.15) is 0 Å². The van der Waals surface area contributed by atoms with Gasteiger partial charge in [0.1, 0.15) is 5.75 Å². The Morgan fingerprint density at radius 3 is 2.63 bits per heavy atom. The number of carbonyl (C=O) groups is 1. The minimum atomic E-state index is 0.0149. The van der Waals surface area contributed by atoms with Gasteiger partial charge in [-0.1, -0.05) is 19.3 Å². The van der Waals surface area contributed by atoms with Crippen molar-refractivity contribution in [1.82, 2.24) is 4.90 Å². The third-order valence-corrected chi connectivity index (χ3v) is 3.89. The van der Waals surface area contributed by atoms with E-state index in [9.17, 15) is 9.90 Å². The van der Waals surface area contributed by atoms with Crippen LogP contribution in [0.2, 0.25) is 0 Å². The molecule has 0 aromatic heterocycles. The molecule has 1 amide bonds. The van der Waals surface area contributed by atoms with Gasteiger partial charge in [0.25, 0.3) is 5.91 Å². The highest BCUT2D eigenvalue weighted by atomic mass is 16.3. The van der Waals surface area contributed by atoms with Gasteiger partial charge in [-0.15, -0.1) is 0 Å². The first kappa shape index (κ1) is 13.7. The van der Waals surface area contributed by atoms with Crippen LogP contribution in [-0.2, 0) is 0 Å². The topological polar surface area (TPSA) is 66.6 Å². The highest BCUT2D eigenvalue weighted by molar-refractivity contribution is 5.95. The Hall–Kier alpha value is -1.71. The second kappa shape index (κ2) is 5.95. The average Bonchev–Trinajstić information content (AvgIpc) is 2.44. The van der Waals surface area contributed by atoms with Crippen LogP contribution in [0.25, 0.3) is 0 Å². The van der Waals surface area contributed by atoms with Crippen LogP contribution in [0.1, 0.15) is 49.4 Å². The average molecular weight is 262 g/mol. The predicted octanol–water partition coefficient (Wildman–Crippen LogP) is 2.77. The Balaban J connectivity index is 2.17. The number of benzene rings is 1. The van der Waals surface area contributed by atoms with Crippen LogP contribution < -0.4 is 5.73 Å². The van der Waals surface area contributed by atoms with E-state index in [0.29, 0.717) is 18.2 Å². The second-order valence-corrected chi connectivity index (χ2v) is 5.16. The van der Waals surface area contributed by atoms with Crippen LogP contribution in [0.5, 0.6) is 5.75 Å². The van der Waals surface area contributed by atoms with E-state index in [1.807, 2.05) is 11.8 Å². The second-order valence-electron chi connectivity index (χ2n) is 5.16.